The molecule has 1 unspecified atom stereocenters. The molecule has 0 radical (unpaired) electrons. The lowest BCUT2D eigenvalue weighted by Crippen LogP contribution is -2.21. The van der Waals surface area contributed by atoms with Crippen molar-refractivity contribution in [1.82, 2.24) is 0 Å². The van der Waals surface area contributed by atoms with E-state index < -0.39 is 18.0 Å². The minimum Gasteiger partial charge on any atom is -0.481 e. The standard InChI is InChI=1S/C11H20O5/c1-16-11(15)9(12)7-5-3-2-4-6-8-10(13)14/h9,12H,2-8H2,1H3,(H,13,14). The van der Waals surface area contributed by atoms with E-state index in [9.17, 15) is 14.7 Å². The Kier molecular flexibility index (Phi) is 8.52. The number of aliphatic carboxylic acids is 1. The van der Waals surface area contributed by atoms with Crippen LogP contribution < -0.4 is 0 Å². The number of esters is 1. The van der Waals surface area contributed by atoms with Crippen molar-refractivity contribution in [1.29, 1.82) is 0 Å². The molecular formula is C11H20O5. The highest BCUT2D eigenvalue weighted by atomic mass is 16.5. The van der Waals surface area contributed by atoms with Gasteiger partial charge in [0.05, 0.1) is 7.11 Å². The van der Waals surface area contributed by atoms with Gasteiger partial charge in [0.1, 0.15) is 0 Å². The number of methoxy groups -OCH3 is 1. The van der Waals surface area contributed by atoms with Crippen LogP contribution in [0.4, 0.5) is 0 Å². The first-order valence-electron chi connectivity index (χ1n) is 5.55. The van der Waals surface area contributed by atoms with E-state index in [-0.39, 0.29) is 6.42 Å². The molecule has 0 aliphatic heterocycles. The summed E-state index contributed by atoms with van der Waals surface area (Å²) >= 11 is 0. The van der Waals surface area contributed by atoms with Crippen molar-refractivity contribution in [2.24, 2.45) is 0 Å². The van der Waals surface area contributed by atoms with Crippen molar-refractivity contribution in [2.45, 2.75) is 51.0 Å². The topological polar surface area (TPSA) is 83.8 Å². The van der Waals surface area contributed by atoms with E-state index in [1.807, 2.05) is 0 Å². The van der Waals surface area contributed by atoms with Crippen LogP contribution in [0, 0.1) is 0 Å². The van der Waals surface area contributed by atoms with Gasteiger partial charge in [0.25, 0.3) is 0 Å². The number of hydrogen-bond acceptors (Lipinski definition) is 4. The van der Waals surface area contributed by atoms with Gasteiger partial charge in [-0.25, -0.2) is 4.79 Å². The maximum absolute atomic E-state index is 10.8. The van der Waals surface area contributed by atoms with Gasteiger partial charge in [0, 0.05) is 6.42 Å². The third-order valence-corrected chi connectivity index (χ3v) is 2.34. The number of unbranched alkanes of at least 4 members (excludes halogenated alkanes) is 4. The highest BCUT2D eigenvalue weighted by Crippen LogP contribution is 2.09. The molecule has 0 saturated heterocycles. The van der Waals surface area contributed by atoms with E-state index in [1.54, 1.807) is 0 Å². The van der Waals surface area contributed by atoms with Crippen LogP contribution in [-0.2, 0) is 14.3 Å². The van der Waals surface area contributed by atoms with E-state index in [0.717, 1.165) is 25.7 Å². The number of carboxylic acids is 1. The Morgan fingerprint density at radius 2 is 1.69 bits per heavy atom. The van der Waals surface area contributed by atoms with Crippen LogP contribution in [0.3, 0.4) is 0 Å². The summed E-state index contributed by atoms with van der Waals surface area (Å²) in [4.78, 5) is 21.0. The molecule has 0 aromatic rings. The van der Waals surface area contributed by atoms with Gasteiger partial charge in [-0.3, -0.25) is 4.79 Å². The largest absolute Gasteiger partial charge is 0.481 e. The summed E-state index contributed by atoms with van der Waals surface area (Å²) in [5.74, 6) is -1.35. The number of rotatable bonds is 9. The number of aliphatic hydroxyl groups is 1. The molecule has 0 spiro atoms. The summed E-state index contributed by atoms with van der Waals surface area (Å²) in [5, 5.41) is 17.6. The second-order valence-electron chi connectivity index (χ2n) is 3.74. The molecule has 0 rings (SSSR count). The highest BCUT2D eigenvalue weighted by molar-refractivity contribution is 5.74. The minimum absolute atomic E-state index is 0.213. The zero-order chi connectivity index (χ0) is 12.4. The van der Waals surface area contributed by atoms with E-state index >= 15 is 0 Å². The quantitative estimate of drug-likeness (QED) is 0.463. The van der Waals surface area contributed by atoms with Crippen molar-refractivity contribution >= 4 is 11.9 Å². The van der Waals surface area contributed by atoms with Gasteiger partial charge in [0.2, 0.25) is 0 Å². The van der Waals surface area contributed by atoms with Crippen LogP contribution in [0.15, 0.2) is 0 Å². The predicted octanol–water partition coefficient (Wildman–Crippen LogP) is 1.34. The Bertz CT molecular complexity index is 214. The number of aliphatic hydroxyl groups excluding tert-OH is 1. The molecule has 0 aliphatic rings. The Morgan fingerprint density at radius 3 is 2.25 bits per heavy atom. The maximum Gasteiger partial charge on any atom is 0.334 e. The van der Waals surface area contributed by atoms with Crippen molar-refractivity contribution in [3.8, 4) is 0 Å². The van der Waals surface area contributed by atoms with Crippen LogP contribution in [0.25, 0.3) is 0 Å². The van der Waals surface area contributed by atoms with E-state index in [4.69, 9.17) is 5.11 Å². The lowest BCUT2D eigenvalue weighted by molar-refractivity contribution is -0.150. The predicted molar refractivity (Wildman–Crippen MR) is 58.0 cm³/mol. The molecule has 0 fully saturated rings. The molecule has 2 N–H and O–H groups in total. The van der Waals surface area contributed by atoms with E-state index in [0.29, 0.717) is 12.8 Å². The molecule has 94 valence electrons. The first kappa shape index (κ1) is 14.9. The van der Waals surface area contributed by atoms with E-state index in [2.05, 4.69) is 4.74 Å². The molecule has 5 nitrogen and oxygen atoms in total. The second-order valence-corrected chi connectivity index (χ2v) is 3.74. The van der Waals surface area contributed by atoms with Gasteiger partial charge in [0.15, 0.2) is 6.10 Å². The molecular weight excluding hydrogens is 212 g/mol. The van der Waals surface area contributed by atoms with Crippen molar-refractivity contribution < 1.29 is 24.5 Å². The molecule has 0 heterocycles. The maximum atomic E-state index is 10.8. The zero-order valence-corrected chi connectivity index (χ0v) is 9.65. The fourth-order valence-corrected chi connectivity index (χ4v) is 1.40. The molecule has 0 bridgehead atoms. The lowest BCUT2D eigenvalue weighted by Gasteiger charge is -2.07. The number of carbonyl (C=O) groups is 2. The monoisotopic (exact) mass is 232 g/mol. The molecule has 5 heteroatoms. The van der Waals surface area contributed by atoms with Gasteiger partial charge < -0.3 is 14.9 Å². The summed E-state index contributed by atoms with van der Waals surface area (Å²) in [6.07, 6.45) is 3.74. The van der Waals surface area contributed by atoms with Gasteiger partial charge >= 0.3 is 11.9 Å². The average molecular weight is 232 g/mol. The van der Waals surface area contributed by atoms with Gasteiger partial charge in [-0.1, -0.05) is 25.7 Å². The van der Waals surface area contributed by atoms with E-state index in [1.165, 1.54) is 7.11 Å². The van der Waals surface area contributed by atoms with Crippen molar-refractivity contribution in [2.75, 3.05) is 7.11 Å². The SMILES string of the molecule is COC(=O)C(O)CCCCCCCC(=O)O. The minimum atomic E-state index is -1.02. The average Bonchev–Trinajstić information content (AvgIpc) is 2.25. The van der Waals surface area contributed by atoms with Crippen LogP contribution in [-0.4, -0.2) is 35.4 Å². The van der Waals surface area contributed by atoms with Gasteiger partial charge in [-0.2, -0.15) is 0 Å². The summed E-state index contributed by atoms with van der Waals surface area (Å²) in [6, 6.07) is 0. The zero-order valence-electron chi connectivity index (χ0n) is 9.65. The fourth-order valence-electron chi connectivity index (χ4n) is 1.40. The molecule has 0 aromatic carbocycles. The summed E-state index contributed by atoms with van der Waals surface area (Å²) < 4.78 is 4.38. The molecule has 16 heavy (non-hydrogen) atoms. The molecule has 0 amide bonds. The third-order valence-electron chi connectivity index (χ3n) is 2.34. The summed E-state index contributed by atoms with van der Waals surface area (Å²) in [7, 11) is 1.25. The second kappa shape index (κ2) is 9.15. The smallest absolute Gasteiger partial charge is 0.334 e. The highest BCUT2D eigenvalue weighted by Gasteiger charge is 2.13. The first-order valence-corrected chi connectivity index (χ1v) is 5.55. The van der Waals surface area contributed by atoms with Crippen LogP contribution in [0.1, 0.15) is 44.9 Å². The number of carboxylic acid groups (broad SMARTS) is 1. The Labute approximate surface area is 95.4 Å². The number of ether oxygens (including phenoxy) is 1. The first-order chi connectivity index (χ1) is 7.57. The van der Waals surface area contributed by atoms with Gasteiger partial charge in [-0.05, 0) is 12.8 Å². The normalized spacial score (nSPS) is 12.1. The molecule has 0 aliphatic carbocycles. The van der Waals surface area contributed by atoms with Crippen molar-refractivity contribution in [3.63, 3.8) is 0 Å². The number of carbonyl (C=O) groups excluding carboxylic acids is 1. The molecule has 1 atom stereocenters. The molecule has 0 saturated carbocycles. The van der Waals surface area contributed by atoms with Crippen molar-refractivity contribution in [3.05, 3.63) is 0 Å². The number of hydrogen-bond donors (Lipinski definition) is 2. The van der Waals surface area contributed by atoms with Crippen LogP contribution in [0.2, 0.25) is 0 Å². The van der Waals surface area contributed by atoms with Crippen LogP contribution >= 0.6 is 0 Å². The Balaban J connectivity index is 3.27. The third kappa shape index (κ3) is 8.23. The Hall–Kier alpha value is -1.10. The van der Waals surface area contributed by atoms with Crippen LogP contribution in [0.5, 0.6) is 0 Å². The summed E-state index contributed by atoms with van der Waals surface area (Å²) in [6.45, 7) is 0. The van der Waals surface area contributed by atoms with Gasteiger partial charge in [-0.15, -0.1) is 0 Å². The lowest BCUT2D eigenvalue weighted by atomic mass is 10.1. The fraction of sp³-hybridized carbons (Fsp3) is 0.818. The molecule has 0 aromatic heterocycles. The summed E-state index contributed by atoms with van der Waals surface area (Å²) in [5.41, 5.74) is 0. The Morgan fingerprint density at radius 1 is 1.12 bits per heavy atom.